The van der Waals surface area contributed by atoms with Gasteiger partial charge in [0.05, 0.1) is 12.2 Å². The molecule has 0 aromatic carbocycles. The highest BCUT2D eigenvalue weighted by Gasteiger charge is 2.29. The Balaban J connectivity index is 1.47. The van der Waals surface area contributed by atoms with Gasteiger partial charge in [-0.3, -0.25) is 4.79 Å². The molecule has 21 heavy (non-hydrogen) atoms. The van der Waals surface area contributed by atoms with Gasteiger partial charge in [0.1, 0.15) is 5.76 Å². The second-order valence-electron chi connectivity index (χ2n) is 6.29. The van der Waals surface area contributed by atoms with Crippen molar-refractivity contribution in [2.75, 3.05) is 19.6 Å². The minimum Gasteiger partial charge on any atom is -0.361 e. The van der Waals surface area contributed by atoms with Gasteiger partial charge < -0.3 is 20.5 Å². The Hall–Kier alpha value is -1.40. The number of aromatic nitrogens is 1. The van der Waals surface area contributed by atoms with Crippen LogP contribution in [0.5, 0.6) is 0 Å². The van der Waals surface area contributed by atoms with Crippen LogP contribution in [0.3, 0.4) is 0 Å². The standard InChI is InChI=1S/C15H24N4O2/c1-10-9-19(15(20)7-16)5-4-13(10)17-8-12-6-14(21-18-12)11-2-3-11/h6,10-11,13,17H,2-5,7-9,16H2,1H3/t10-,13?/m0/s1. The lowest BCUT2D eigenvalue weighted by atomic mass is 9.93. The summed E-state index contributed by atoms with van der Waals surface area (Å²) in [4.78, 5) is 13.5. The van der Waals surface area contributed by atoms with Gasteiger partial charge in [0, 0.05) is 37.7 Å². The van der Waals surface area contributed by atoms with Crippen molar-refractivity contribution in [3.05, 3.63) is 17.5 Å². The number of hydrogen-bond donors (Lipinski definition) is 2. The van der Waals surface area contributed by atoms with Crippen LogP contribution in [0.1, 0.15) is 43.6 Å². The van der Waals surface area contributed by atoms with E-state index in [1.165, 1.54) is 12.8 Å². The van der Waals surface area contributed by atoms with Gasteiger partial charge in [-0.1, -0.05) is 12.1 Å². The van der Waals surface area contributed by atoms with Crippen molar-refractivity contribution in [2.24, 2.45) is 11.7 Å². The van der Waals surface area contributed by atoms with Crippen molar-refractivity contribution in [1.29, 1.82) is 0 Å². The molecule has 3 rings (SSSR count). The zero-order valence-electron chi connectivity index (χ0n) is 12.5. The lowest BCUT2D eigenvalue weighted by Gasteiger charge is -2.37. The van der Waals surface area contributed by atoms with Crippen LogP contribution in [-0.2, 0) is 11.3 Å². The molecule has 1 saturated heterocycles. The monoisotopic (exact) mass is 292 g/mol. The number of nitrogens with two attached hydrogens (primary N) is 1. The van der Waals surface area contributed by atoms with Crippen molar-refractivity contribution < 1.29 is 9.32 Å². The van der Waals surface area contributed by atoms with Crippen LogP contribution in [0.4, 0.5) is 0 Å². The van der Waals surface area contributed by atoms with Gasteiger partial charge in [-0.15, -0.1) is 0 Å². The molecule has 2 atom stereocenters. The second kappa shape index (κ2) is 6.15. The summed E-state index contributed by atoms with van der Waals surface area (Å²) >= 11 is 0. The van der Waals surface area contributed by atoms with Crippen LogP contribution in [0.2, 0.25) is 0 Å². The molecule has 2 heterocycles. The fourth-order valence-corrected chi connectivity index (χ4v) is 3.01. The molecule has 3 N–H and O–H groups in total. The predicted molar refractivity (Wildman–Crippen MR) is 78.5 cm³/mol. The molecule has 116 valence electrons. The summed E-state index contributed by atoms with van der Waals surface area (Å²) in [5.41, 5.74) is 6.40. The van der Waals surface area contributed by atoms with Crippen LogP contribution in [0.25, 0.3) is 0 Å². The third-order valence-electron chi connectivity index (χ3n) is 4.53. The molecular formula is C15H24N4O2. The highest BCUT2D eigenvalue weighted by Crippen LogP contribution is 2.40. The van der Waals surface area contributed by atoms with E-state index < -0.39 is 0 Å². The summed E-state index contributed by atoms with van der Waals surface area (Å²) in [6, 6.07) is 2.48. The summed E-state index contributed by atoms with van der Waals surface area (Å²) in [5.74, 6) is 2.11. The zero-order chi connectivity index (χ0) is 14.8. The molecule has 1 saturated carbocycles. The van der Waals surface area contributed by atoms with E-state index in [2.05, 4.69) is 23.5 Å². The quantitative estimate of drug-likeness (QED) is 0.840. The minimum absolute atomic E-state index is 0.0471. The van der Waals surface area contributed by atoms with Gasteiger partial charge in [0.2, 0.25) is 5.91 Å². The number of hydrogen-bond acceptors (Lipinski definition) is 5. The van der Waals surface area contributed by atoms with Gasteiger partial charge in [-0.2, -0.15) is 0 Å². The summed E-state index contributed by atoms with van der Waals surface area (Å²) < 4.78 is 5.36. The number of rotatable bonds is 5. The largest absolute Gasteiger partial charge is 0.361 e. The molecule has 6 nitrogen and oxygen atoms in total. The molecule has 1 amide bonds. The van der Waals surface area contributed by atoms with Crippen LogP contribution in [-0.4, -0.2) is 41.6 Å². The maximum atomic E-state index is 11.6. The first kappa shape index (κ1) is 14.5. The molecule has 1 aromatic rings. The van der Waals surface area contributed by atoms with E-state index in [1.54, 1.807) is 0 Å². The highest BCUT2D eigenvalue weighted by atomic mass is 16.5. The third-order valence-corrected chi connectivity index (χ3v) is 4.53. The first-order valence-corrected chi connectivity index (χ1v) is 7.84. The van der Waals surface area contributed by atoms with E-state index in [4.69, 9.17) is 10.3 Å². The van der Waals surface area contributed by atoms with E-state index >= 15 is 0 Å². The molecular weight excluding hydrogens is 268 g/mol. The Morgan fingerprint density at radius 1 is 1.52 bits per heavy atom. The van der Waals surface area contributed by atoms with E-state index in [0.717, 1.165) is 37.5 Å². The van der Waals surface area contributed by atoms with Gasteiger partial charge in [-0.05, 0) is 25.2 Å². The molecule has 1 aromatic heterocycles. The number of likely N-dealkylation sites (tertiary alicyclic amines) is 1. The summed E-state index contributed by atoms with van der Waals surface area (Å²) in [5, 5.41) is 7.67. The molecule has 1 aliphatic carbocycles. The number of piperidine rings is 1. The minimum atomic E-state index is 0.0471. The smallest absolute Gasteiger partial charge is 0.236 e. The van der Waals surface area contributed by atoms with Crippen LogP contribution in [0.15, 0.2) is 10.6 Å². The average molecular weight is 292 g/mol. The Morgan fingerprint density at radius 2 is 2.33 bits per heavy atom. The van der Waals surface area contributed by atoms with Gasteiger partial charge in [-0.25, -0.2) is 0 Å². The lowest BCUT2D eigenvalue weighted by molar-refractivity contribution is -0.131. The molecule has 1 unspecified atom stereocenters. The molecule has 0 bridgehead atoms. The van der Waals surface area contributed by atoms with E-state index in [1.807, 2.05) is 4.90 Å². The maximum Gasteiger partial charge on any atom is 0.236 e. The first-order chi connectivity index (χ1) is 10.2. The van der Waals surface area contributed by atoms with Crippen molar-refractivity contribution in [1.82, 2.24) is 15.4 Å². The molecule has 0 radical (unpaired) electrons. The summed E-state index contributed by atoms with van der Waals surface area (Å²) in [7, 11) is 0. The van der Waals surface area contributed by atoms with Crippen LogP contribution >= 0.6 is 0 Å². The number of carbonyl (C=O) groups is 1. The van der Waals surface area contributed by atoms with Gasteiger partial charge in [0.25, 0.3) is 0 Å². The molecule has 0 spiro atoms. The van der Waals surface area contributed by atoms with Crippen molar-refractivity contribution in [3.63, 3.8) is 0 Å². The number of nitrogens with one attached hydrogen (secondary N) is 1. The highest BCUT2D eigenvalue weighted by molar-refractivity contribution is 5.78. The van der Waals surface area contributed by atoms with E-state index in [-0.39, 0.29) is 12.5 Å². The number of amides is 1. The number of carbonyl (C=O) groups excluding carboxylic acids is 1. The van der Waals surface area contributed by atoms with Crippen LogP contribution in [0, 0.1) is 5.92 Å². The average Bonchev–Trinajstić information content (AvgIpc) is 3.24. The maximum absolute atomic E-state index is 11.6. The summed E-state index contributed by atoms with van der Waals surface area (Å²) in [6.45, 7) is 4.57. The van der Waals surface area contributed by atoms with Crippen molar-refractivity contribution in [2.45, 2.75) is 44.7 Å². The van der Waals surface area contributed by atoms with Crippen molar-refractivity contribution >= 4 is 5.91 Å². The molecule has 6 heteroatoms. The van der Waals surface area contributed by atoms with Gasteiger partial charge >= 0.3 is 0 Å². The van der Waals surface area contributed by atoms with E-state index in [9.17, 15) is 4.79 Å². The molecule has 1 aliphatic heterocycles. The fraction of sp³-hybridized carbons (Fsp3) is 0.733. The third kappa shape index (κ3) is 3.44. The fourth-order valence-electron chi connectivity index (χ4n) is 3.01. The topological polar surface area (TPSA) is 84.4 Å². The Kier molecular flexibility index (Phi) is 4.26. The Bertz CT molecular complexity index is 498. The normalized spacial score (nSPS) is 26.1. The van der Waals surface area contributed by atoms with E-state index in [0.29, 0.717) is 17.9 Å². The van der Waals surface area contributed by atoms with Gasteiger partial charge in [0.15, 0.2) is 0 Å². The number of nitrogens with zero attached hydrogens (tertiary/aromatic N) is 2. The lowest BCUT2D eigenvalue weighted by Crippen LogP contribution is -2.51. The predicted octanol–water partition coefficient (Wildman–Crippen LogP) is 0.837. The molecule has 2 aliphatic rings. The van der Waals surface area contributed by atoms with Crippen LogP contribution < -0.4 is 11.1 Å². The molecule has 2 fully saturated rings. The van der Waals surface area contributed by atoms with Crippen molar-refractivity contribution in [3.8, 4) is 0 Å². The summed E-state index contributed by atoms with van der Waals surface area (Å²) in [6.07, 6.45) is 3.42. The Morgan fingerprint density at radius 3 is 3.00 bits per heavy atom. The zero-order valence-corrected chi connectivity index (χ0v) is 12.5. The second-order valence-corrected chi connectivity index (χ2v) is 6.29. The Labute approximate surface area is 125 Å². The SMILES string of the molecule is C[C@H]1CN(C(=O)CN)CCC1NCc1cc(C2CC2)on1. The first-order valence-electron chi connectivity index (χ1n) is 7.84.